The summed E-state index contributed by atoms with van der Waals surface area (Å²) < 4.78 is 18.2. The van der Waals surface area contributed by atoms with E-state index in [2.05, 4.69) is 11.1 Å². The van der Waals surface area contributed by atoms with Crippen molar-refractivity contribution in [3.8, 4) is 17.4 Å². The van der Waals surface area contributed by atoms with Gasteiger partial charge in [-0.3, -0.25) is 0 Å². The van der Waals surface area contributed by atoms with Gasteiger partial charge in [0.1, 0.15) is 5.82 Å². The lowest BCUT2D eigenvalue weighted by Gasteiger charge is -1.97. The molecule has 0 bridgehead atoms. The van der Waals surface area contributed by atoms with Gasteiger partial charge < -0.3 is 4.42 Å². The van der Waals surface area contributed by atoms with Gasteiger partial charge in [-0.2, -0.15) is 5.26 Å². The van der Waals surface area contributed by atoms with Gasteiger partial charge in [0.15, 0.2) is 5.76 Å². The van der Waals surface area contributed by atoms with Crippen LogP contribution in [0.4, 0.5) is 4.39 Å². The van der Waals surface area contributed by atoms with Crippen molar-refractivity contribution in [3.05, 3.63) is 36.3 Å². The molecule has 3 nitrogen and oxygen atoms in total. The summed E-state index contributed by atoms with van der Waals surface area (Å²) in [5.74, 6) is 0.276. The topological polar surface area (TPSA) is 49.8 Å². The molecule has 2 aromatic rings. The van der Waals surface area contributed by atoms with Gasteiger partial charge in [0, 0.05) is 5.56 Å². The fraction of sp³-hybridized carbons (Fsp3) is 0.167. The van der Waals surface area contributed by atoms with Crippen LogP contribution < -0.4 is 0 Å². The van der Waals surface area contributed by atoms with Gasteiger partial charge in [0.2, 0.25) is 0 Å². The normalized spacial score (nSPS) is 12.1. The molecule has 0 saturated carbocycles. The molecule has 0 aliphatic carbocycles. The lowest BCUT2D eigenvalue weighted by molar-refractivity contribution is 0.465. The minimum atomic E-state index is -0.291. The van der Waals surface area contributed by atoms with Crippen LogP contribution in [-0.4, -0.2) is 10.2 Å². The van der Waals surface area contributed by atoms with Gasteiger partial charge in [0.25, 0.3) is 5.22 Å². The molecule has 0 amide bonds. The number of nitrogens with zero attached hydrogens (tertiary/aromatic N) is 2. The molecule has 0 N–H and O–H groups in total. The molecule has 86 valence electrons. The Morgan fingerprint density at radius 2 is 2.12 bits per heavy atom. The highest BCUT2D eigenvalue weighted by Gasteiger charge is 2.10. The van der Waals surface area contributed by atoms with Gasteiger partial charge in [-0.1, -0.05) is 0 Å². The largest absolute Gasteiger partial charge is 0.431 e. The van der Waals surface area contributed by atoms with Crippen LogP contribution in [0.1, 0.15) is 6.92 Å². The molecule has 2 rings (SSSR count). The maximum Gasteiger partial charge on any atom is 0.257 e. The first-order chi connectivity index (χ1) is 8.19. The van der Waals surface area contributed by atoms with E-state index in [1.165, 1.54) is 23.9 Å². The summed E-state index contributed by atoms with van der Waals surface area (Å²) in [6.07, 6.45) is 1.57. The van der Waals surface area contributed by atoms with E-state index in [0.29, 0.717) is 11.0 Å². The molecule has 1 aromatic carbocycles. The van der Waals surface area contributed by atoms with Crippen LogP contribution in [-0.2, 0) is 0 Å². The Hall–Kier alpha value is -1.80. The Morgan fingerprint density at radius 3 is 2.76 bits per heavy atom. The monoisotopic (exact) mass is 248 g/mol. The Labute approximate surface area is 102 Å². The first-order valence-corrected chi connectivity index (χ1v) is 5.85. The van der Waals surface area contributed by atoms with Crippen molar-refractivity contribution < 1.29 is 8.81 Å². The molecular weight excluding hydrogens is 239 g/mol. The molecule has 1 heterocycles. The van der Waals surface area contributed by atoms with Crippen LogP contribution in [0.3, 0.4) is 0 Å². The lowest BCUT2D eigenvalue weighted by Crippen LogP contribution is -1.88. The van der Waals surface area contributed by atoms with Crippen LogP contribution in [0.5, 0.6) is 0 Å². The maximum atomic E-state index is 12.7. The van der Waals surface area contributed by atoms with Crippen LogP contribution in [0, 0.1) is 17.1 Å². The standard InChI is InChI=1S/C12H9FN2OS/c1-8(6-14)17-12-15-7-11(16-12)9-2-4-10(13)5-3-9/h2-5,7-8H,1H3. The SMILES string of the molecule is CC(C#N)Sc1ncc(-c2ccc(F)cc2)o1. The molecule has 1 aromatic heterocycles. The van der Waals surface area contributed by atoms with Crippen molar-refractivity contribution >= 4 is 11.8 Å². The van der Waals surface area contributed by atoms with E-state index in [1.54, 1.807) is 25.3 Å². The van der Waals surface area contributed by atoms with Gasteiger partial charge in [-0.25, -0.2) is 9.37 Å². The van der Waals surface area contributed by atoms with E-state index in [4.69, 9.17) is 9.68 Å². The second kappa shape index (κ2) is 5.02. The molecule has 0 aliphatic heterocycles. The number of aromatic nitrogens is 1. The third-order valence-electron chi connectivity index (χ3n) is 2.07. The average Bonchev–Trinajstić information content (AvgIpc) is 2.78. The third-order valence-corrected chi connectivity index (χ3v) is 2.92. The maximum absolute atomic E-state index is 12.7. The summed E-state index contributed by atoms with van der Waals surface area (Å²) in [7, 11) is 0. The Balaban J connectivity index is 2.18. The molecule has 0 aliphatic rings. The van der Waals surface area contributed by atoms with Gasteiger partial charge in [0.05, 0.1) is 17.5 Å². The fourth-order valence-electron chi connectivity index (χ4n) is 1.24. The third kappa shape index (κ3) is 2.86. The van der Waals surface area contributed by atoms with Crippen molar-refractivity contribution in [1.82, 2.24) is 4.98 Å². The summed E-state index contributed by atoms with van der Waals surface area (Å²) in [5.41, 5.74) is 0.760. The highest BCUT2D eigenvalue weighted by atomic mass is 32.2. The Kier molecular flexibility index (Phi) is 3.45. The molecule has 5 heteroatoms. The molecule has 0 fully saturated rings. The number of benzene rings is 1. The molecule has 1 atom stereocenters. The van der Waals surface area contributed by atoms with E-state index in [9.17, 15) is 4.39 Å². The number of hydrogen-bond donors (Lipinski definition) is 0. The second-order valence-corrected chi connectivity index (χ2v) is 4.68. The smallest absolute Gasteiger partial charge is 0.257 e. The summed E-state index contributed by atoms with van der Waals surface area (Å²) in [4.78, 5) is 4.05. The predicted molar refractivity (Wildman–Crippen MR) is 62.8 cm³/mol. The van der Waals surface area contributed by atoms with Crippen molar-refractivity contribution in [2.24, 2.45) is 0 Å². The van der Waals surface area contributed by atoms with Gasteiger partial charge in [-0.15, -0.1) is 0 Å². The average molecular weight is 248 g/mol. The minimum Gasteiger partial charge on any atom is -0.431 e. The second-order valence-electron chi connectivity index (χ2n) is 3.39. The van der Waals surface area contributed by atoms with E-state index >= 15 is 0 Å². The summed E-state index contributed by atoms with van der Waals surface area (Å²) in [6.45, 7) is 1.77. The molecular formula is C12H9FN2OS. The zero-order valence-corrected chi connectivity index (χ0v) is 9.87. The Bertz CT molecular complexity index is 544. The summed E-state index contributed by atoms with van der Waals surface area (Å²) >= 11 is 1.25. The highest BCUT2D eigenvalue weighted by molar-refractivity contribution is 7.99. The lowest BCUT2D eigenvalue weighted by atomic mass is 10.2. The number of oxazole rings is 1. The van der Waals surface area contributed by atoms with E-state index < -0.39 is 0 Å². The van der Waals surface area contributed by atoms with Crippen LogP contribution >= 0.6 is 11.8 Å². The fourth-order valence-corrected chi connectivity index (χ4v) is 1.84. The summed E-state index contributed by atoms with van der Waals surface area (Å²) in [6, 6.07) is 8.06. The van der Waals surface area contributed by atoms with Crippen molar-refractivity contribution in [1.29, 1.82) is 5.26 Å². The number of rotatable bonds is 3. The first-order valence-electron chi connectivity index (χ1n) is 4.97. The zero-order chi connectivity index (χ0) is 12.3. The van der Waals surface area contributed by atoms with Crippen molar-refractivity contribution in [3.63, 3.8) is 0 Å². The van der Waals surface area contributed by atoms with Crippen LogP contribution in [0.2, 0.25) is 0 Å². The molecule has 17 heavy (non-hydrogen) atoms. The molecule has 0 radical (unpaired) electrons. The number of halogens is 1. The molecule has 1 unspecified atom stereocenters. The Morgan fingerprint density at radius 1 is 1.41 bits per heavy atom. The van der Waals surface area contributed by atoms with E-state index in [-0.39, 0.29) is 11.1 Å². The van der Waals surface area contributed by atoms with Gasteiger partial charge >= 0.3 is 0 Å². The molecule has 0 saturated heterocycles. The van der Waals surface area contributed by atoms with Crippen molar-refractivity contribution in [2.75, 3.05) is 0 Å². The number of thioether (sulfide) groups is 1. The number of hydrogen-bond acceptors (Lipinski definition) is 4. The predicted octanol–water partition coefficient (Wildman–Crippen LogP) is 3.48. The van der Waals surface area contributed by atoms with Crippen molar-refractivity contribution in [2.45, 2.75) is 17.4 Å². The van der Waals surface area contributed by atoms with E-state index in [0.717, 1.165) is 5.56 Å². The number of nitriles is 1. The van der Waals surface area contributed by atoms with Gasteiger partial charge in [-0.05, 0) is 43.0 Å². The summed E-state index contributed by atoms with van der Waals surface area (Å²) in [5, 5.41) is 8.90. The van der Waals surface area contributed by atoms with Crippen LogP contribution in [0.25, 0.3) is 11.3 Å². The zero-order valence-electron chi connectivity index (χ0n) is 9.05. The van der Waals surface area contributed by atoms with Crippen LogP contribution in [0.15, 0.2) is 40.1 Å². The first kappa shape index (κ1) is 11.7. The van der Waals surface area contributed by atoms with E-state index in [1.807, 2.05) is 0 Å². The molecule has 0 spiro atoms. The minimum absolute atomic E-state index is 0.213. The highest BCUT2D eigenvalue weighted by Crippen LogP contribution is 2.27. The quantitative estimate of drug-likeness (QED) is 0.780.